The predicted molar refractivity (Wildman–Crippen MR) is 213 cm³/mol. The van der Waals surface area contributed by atoms with Gasteiger partial charge in [0.05, 0.1) is 0 Å². The predicted octanol–water partition coefficient (Wildman–Crippen LogP) is 9.25. The van der Waals surface area contributed by atoms with Gasteiger partial charge in [0.2, 0.25) is 0 Å². The second-order valence-electron chi connectivity index (χ2n) is 15.0. The van der Waals surface area contributed by atoms with E-state index >= 15 is 0 Å². The Morgan fingerprint density at radius 2 is 0.865 bits per heavy atom. The lowest BCUT2D eigenvalue weighted by Gasteiger charge is -2.35. The van der Waals surface area contributed by atoms with Crippen LogP contribution in [-0.2, 0) is 0 Å². The number of hydrogen-bond acceptors (Lipinski definition) is 7. The smallest absolute Gasteiger partial charge is 0.119 e. The van der Waals surface area contributed by atoms with Crippen LogP contribution in [0.15, 0.2) is 97.1 Å². The number of phenols is 3. The molecule has 278 valence electrons. The number of phenolic OH excluding ortho intramolecular Hbond substituents is 3. The number of aliphatic hydroxyl groups is 2. The Labute approximate surface area is 310 Å². The van der Waals surface area contributed by atoms with Crippen LogP contribution in [0, 0.1) is 10.8 Å². The van der Waals surface area contributed by atoms with Crippen molar-refractivity contribution in [3.8, 4) is 23.0 Å². The lowest BCUT2D eigenvalue weighted by Crippen LogP contribution is -2.25. The van der Waals surface area contributed by atoms with Gasteiger partial charge < -0.3 is 35.2 Å². The number of aliphatic hydroxyl groups excluding tert-OH is 2. The van der Waals surface area contributed by atoms with Gasteiger partial charge in [-0.2, -0.15) is 0 Å². The standard InChI is InChI=1S/C24H31NO3.C20H22O3.CH4/c1-24(17-26)13-12-22(18-4-8-20(27)9-5-18)23(16-24)19-6-10-21(11-7-19)28-15-14-25(2)3;1-20(13-21)11-10-18(14-2-6-16(22)7-3-14)19(12-20)15-4-8-17(23)9-5-15;/h4-11,26-27H,12-17H2,1-3H3;2-9,21-23H,10-13H2,1H3;1H4. The largest absolute Gasteiger partial charge is 0.508 e. The molecule has 0 amide bonds. The van der Waals surface area contributed by atoms with E-state index < -0.39 is 0 Å². The highest BCUT2D eigenvalue weighted by Gasteiger charge is 2.33. The highest BCUT2D eigenvalue weighted by Crippen LogP contribution is 2.48. The lowest BCUT2D eigenvalue weighted by atomic mass is 9.70. The van der Waals surface area contributed by atoms with Crippen molar-refractivity contribution in [2.24, 2.45) is 10.8 Å². The van der Waals surface area contributed by atoms with E-state index in [2.05, 4.69) is 30.9 Å². The Morgan fingerprint density at radius 1 is 0.538 bits per heavy atom. The van der Waals surface area contributed by atoms with E-state index in [0.717, 1.165) is 67.5 Å². The summed E-state index contributed by atoms with van der Waals surface area (Å²) >= 11 is 0. The number of ether oxygens (including phenoxy) is 1. The Bertz CT molecular complexity index is 1790. The second-order valence-corrected chi connectivity index (χ2v) is 15.0. The van der Waals surface area contributed by atoms with Crippen molar-refractivity contribution in [2.45, 2.75) is 59.8 Å². The van der Waals surface area contributed by atoms with Crippen LogP contribution in [0.4, 0.5) is 0 Å². The van der Waals surface area contributed by atoms with Crippen molar-refractivity contribution in [3.63, 3.8) is 0 Å². The molecule has 0 fully saturated rings. The first-order valence-electron chi connectivity index (χ1n) is 17.8. The van der Waals surface area contributed by atoms with E-state index in [1.165, 1.54) is 27.9 Å². The summed E-state index contributed by atoms with van der Waals surface area (Å²) in [5.74, 6) is 1.66. The molecule has 0 spiro atoms. The normalized spacial score (nSPS) is 20.2. The summed E-state index contributed by atoms with van der Waals surface area (Å²) in [6, 6.07) is 30.2. The van der Waals surface area contributed by atoms with Gasteiger partial charge in [-0.05, 0) is 157 Å². The number of aromatic hydroxyl groups is 3. The molecule has 2 unspecified atom stereocenters. The van der Waals surface area contributed by atoms with Crippen LogP contribution < -0.4 is 4.74 Å². The Morgan fingerprint density at radius 3 is 1.19 bits per heavy atom. The maximum absolute atomic E-state index is 9.91. The fourth-order valence-corrected chi connectivity index (χ4v) is 6.94. The molecule has 2 atom stereocenters. The number of nitrogens with zero attached hydrogens (tertiary/aromatic N) is 1. The molecule has 0 aromatic heterocycles. The first-order chi connectivity index (χ1) is 24.4. The molecular formula is C45H57NO6. The third-order valence-electron chi connectivity index (χ3n) is 10.3. The van der Waals surface area contributed by atoms with Gasteiger partial charge in [0.25, 0.3) is 0 Å². The highest BCUT2D eigenvalue weighted by molar-refractivity contribution is 5.93. The van der Waals surface area contributed by atoms with E-state index in [4.69, 9.17) is 4.74 Å². The number of rotatable bonds is 10. The summed E-state index contributed by atoms with van der Waals surface area (Å²) in [4.78, 5) is 2.10. The minimum atomic E-state index is -0.117. The van der Waals surface area contributed by atoms with Gasteiger partial charge in [0.15, 0.2) is 0 Å². The molecule has 7 heteroatoms. The summed E-state index contributed by atoms with van der Waals surface area (Å²) in [6.45, 7) is 6.16. The number of allylic oxidation sites excluding steroid dienone is 4. The van der Waals surface area contributed by atoms with Crippen LogP contribution in [-0.4, -0.2) is 70.9 Å². The minimum Gasteiger partial charge on any atom is -0.508 e. The Balaban J connectivity index is 0.000000232. The molecule has 6 rings (SSSR count). The van der Waals surface area contributed by atoms with Crippen LogP contribution >= 0.6 is 0 Å². The maximum atomic E-state index is 9.91. The summed E-state index contributed by atoms with van der Waals surface area (Å²) < 4.78 is 5.82. The van der Waals surface area contributed by atoms with Crippen molar-refractivity contribution in [1.82, 2.24) is 4.90 Å². The first kappa shape index (κ1) is 40.2. The van der Waals surface area contributed by atoms with Gasteiger partial charge in [0.1, 0.15) is 29.6 Å². The molecular weight excluding hydrogens is 650 g/mol. The van der Waals surface area contributed by atoms with Crippen molar-refractivity contribution in [3.05, 3.63) is 119 Å². The molecule has 0 radical (unpaired) electrons. The van der Waals surface area contributed by atoms with Gasteiger partial charge in [-0.25, -0.2) is 0 Å². The van der Waals surface area contributed by atoms with Crippen LogP contribution in [0.3, 0.4) is 0 Å². The van der Waals surface area contributed by atoms with E-state index in [1.807, 2.05) is 62.6 Å². The van der Waals surface area contributed by atoms with Gasteiger partial charge in [-0.3, -0.25) is 0 Å². The molecule has 5 N–H and O–H groups in total. The zero-order valence-corrected chi connectivity index (χ0v) is 30.4. The van der Waals surface area contributed by atoms with Gasteiger partial charge in [-0.15, -0.1) is 0 Å². The third kappa shape index (κ3) is 10.3. The molecule has 0 heterocycles. The summed E-state index contributed by atoms with van der Waals surface area (Å²) in [7, 11) is 4.07. The molecule has 4 aromatic carbocycles. The lowest BCUT2D eigenvalue weighted by molar-refractivity contribution is 0.136. The molecule has 0 aliphatic heterocycles. The number of likely N-dealkylation sites (N-methyl/N-ethyl adjacent to an activating group) is 1. The fraction of sp³-hybridized carbons (Fsp3) is 0.378. The molecule has 2 aliphatic rings. The van der Waals surface area contributed by atoms with E-state index in [0.29, 0.717) is 6.61 Å². The molecule has 7 nitrogen and oxygen atoms in total. The van der Waals surface area contributed by atoms with E-state index in [9.17, 15) is 25.5 Å². The average Bonchev–Trinajstić information content (AvgIpc) is 3.13. The molecule has 52 heavy (non-hydrogen) atoms. The topological polar surface area (TPSA) is 114 Å². The highest BCUT2D eigenvalue weighted by atomic mass is 16.5. The Hall–Kier alpha value is -4.56. The zero-order valence-electron chi connectivity index (χ0n) is 30.4. The summed E-state index contributed by atoms with van der Waals surface area (Å²) in [5.41, 5.74) is 9.29. The van der Waals surface area contributed by atoms with E-state index in [1.54, 1.807) is 36.4 Å². The average molecular weight is 708 g/mol. The van der Waals surface area contributed by atoms with Crippen LogP contribution in [0.5, 0.6) is 23.0 Å². The van der Waals surface area contributed by atoms with Crippen LogP contribution in [0.1, 0.15) is 82.1 Å². The van der Waals surface area contributed by atoms with Gasteiger partial charge >= 0.3 is 0 Å². The van der Waals surface area contributed by atoms with Crippen molar-refractivity contribution >= 4 is 22.3 Å². The quantitative estimate of drug-likeness (QED) is 0.112. The maximum Gasteiger partial charge on any atom is 0.119 e. The van der Waals surface area contributed by atoms with E-state index in [-0.39, 0.29) is 48.7 Å². The van der Waals surface area contributed by atoms with Crippen molar-refractivity contribution in [2.75, 3.05) is 40.5 Å². The van der Waals surface area contributed by atoms with Gasteiger partial charge in [-0.1, -0.05) is 69.8 Å². The number of hydrogen-bond donors (Lipinski definition) is 5. The van der Waals surface area contributed by atoms with Crippen LogP contribution in [0.25, 0.3) is 22.3 Å². The Kier molecular flexibility index (Phi) is 13.7. The molecule has 0 bridgehead atoms. The van der Waals surface area contributed by atoms with Crippen molar-refractivity contribution in [1.29, 1.82) is 0 Å². The molecule has 2 aliphatic carbocycles. The molecule has 0 saturated carbocycles. The summed E-state index contributed by atoms with van der Waals surface area (Å²) in [5, 5.41) is 48.3. The minimum absolute atomic E-state index is 0. The molecule has 4 aromatic rings. The zero-order chi connectivity index (χ0) is 36.6. The third-order valence-corrected chi connectivity index (χ3v) is 10.3. The second kappa shape index (κ2) is 17.8. The monoisotopic (exact) mass is 707 g/mol. The van der Waals surface area contributed by atoms with Crippen LogP contribution in [0.2, 0.25) is 0 Å². The fourth-order valence-electron chi connectivity index (χ4n) is 6.94. The van der Waals surface area contributed by atoms with Gasteiger partial charge in [0, 0.05) is 19.8 Å². The van der Waals surface area contributed by atoms with Crippen molar-refractivity contribution < 1.29 is 30.3 Å². The molecule has 0 saturated heterocycles. The number of benzene rings is 4. The SMILES string of the molecule is C.CC1(CO)CCC(c2ccc(O)cc2)=C(c2ccc(O)cc2)C1.CN(C)CCOc1ccc(C2=C(c3ccc(O)cc3)CCC(C)(CO)C2)cc1. The summed E-state index contributed by atoms with van der Waals surface area (Å²) in [6.07, 6.45) is 5.32. The first-order valence-corrected chi connectivity index (χ1v) is 17.8.